The number of hydrogen-bond acceptors (Lipinski definition) is 10. The third-order valence-electron chi connectivity index (χ3n) is 6.32. The summed E-state index contributed by atoms with van der Waals surface area (Å²) >= 11 is 0. The second-order valence-corrected chi connectivity index (χ2v) is 11.6. The largest absolute Gasteiger partial charge is 0.508 e. The van der Waals surface area contributed by atoms with Crippen molar-refractivity contribution in [2.45, 2.75) is 49.9 Å². The normalized spacial score (nSPS) is 23.7. The van der Waals surface area contributed by atoms with Crippen molar-refractivity contribution >= 4 is 58.2 Å². The molecule has 0 unspecified atom stereocenters. The van der Waals surface area contributed by atoms with Crippen LogP contribution in [-0.4, -0.2) is 116 Å². The predicted octanol–water partition coefficient (Wildman–Crippen LogP) is -4.63. The number of carbonyl (C=O) groups is 7. The summed E-state index contributed by atoms with van der Waals surface area (Å²) in [6.45, 7) is -0.701. The number of amides is 5. The van der Waals surface area contributed by atoms with Crippen molar-refractivity contribution in [3.8, 4) is 5.75 Å². The van der Waals surface area contributed by atoms with Gasteiger partial charge in [-0.3, -0.25) is 38.0 Å². The molecule has 0 radical (unpaired) electrons. The predicted molar refractivity (Wildman–Crippen MR) is 160 cm³/mol. The average molecular weight is 669 g/mol. The monoisotopic (exact) mass is 668 g/mol. The summed E-state index contributed by atoms with van der Waals surface area (Å²) in [6, 6.07) is -0.622. The number of carbonyl (C=O) groups excluding carboxylic acids is 5. The minimum atomic E-state index is -2.22. The highest BCUT2D eigenvalue weighted by atomic mass is 32.2. The van der Waals surface area contributed by atoms with E-state index < -0.39 is 101 Å². The van der Waals surface area contributed by atoms with Gasteiger partial charge < -0.3 is 53.4 Å². The number of aliphatic carboxylic acids is 2. The quantitative estimate of drug-likeness (QED) is 0.0673. The molecular formula is C26H36N8O11S. The fourth-order valence-corrected chi connectivity index (χ4v) is 5.21. The Morgan fingerprint density at radius 1 is 0.870 bits per heavy atom. The van der Waals surface area contributed by atoms with Crippen LogP contribution in [0.25, 0.3) is 0 Å². The maximum Gasteiger partial charge on any atom is 0.327 e. The van der Waals surface area contributed by atoms with Crippen molar-refractivity contribution < 1.29 is 53.1 Å². The van der Waals surface area contributed by atoms with Crippen molar-refractivity contribution in [3.63, 3.8) is 0 Å². The van der Waals surface area contributed by atoms with Gasteiger partial charge in [-0.2, -0.15) is 0 Å². The van der Waals surface area contributed by atoms with E-state index in [2.05, 4.69) is 26.3 Å². The number of phenolic OH excluding ortho intramolecular Hbond substituents is 1. The molecule has 46 heavy (non-hydrogen) atoms. The molecule has 20 heteroatoms. The lowest BCUT2D eigenvalue weighted by molar-refractivity contribution is -0.143. The summed E-state index contributed by atoms with van der Waals surface area (Å²) in [5.41, 5.74) is 11.1. The number of phenols is 1. The lowest BCUT2D eigenvalue weighted by Gasteiger charge is -2.24. The number of nitrogens with zero attached hydrogens (tertiary/aromatic N) is 1. The van der Waals surface area contributed by atoms with Crippen LogP contribution in [0.4, 0.5) is 0 Å². The van der Waals surface area contributed by atoms with Crippen LogP contribution in [0.3, 0.4) is 0 Å². The molecule has 0 spiro atoms. The van der Waals surface area contributed by atoms with Gasteiger partial charge in [0.1, 0.15) is 35.7 Å². The molecule has 0 bridgehead atoms. The first-order chi connectivity index (χ1) is 21.6. The molecule has 252 valence electrons. The van der Waals surface area contributed by atoms with Crippen LogP contribution in [0.1, 0.15) is 24.8 Å². The van der Waals surface area contributed by atoms with Gasteiger partial charge in [0.2, 0.25) is 29.5 Å². The first kappa shape index (κ1) is 36.9. The zero-order chi connectivity index (χ0) is 34.4. The summed E-state index contributed by atoms with van der Waals surface area (Å²) in [4.78, 5) is 91.6. The van der Waals surface area contributed by atoms with E-state index in [4.69, 9.17) is 11.5 Å². The number of aliphatic imine (C=N–C) groups is 1. The van der Waals surface area contributed by atoms with Crippen LogP contribution in [0, 0.1) is 0 Å². The smallest absolute Gasteiger partial charge is 0.327 e. The fourth-order valence-electron chi connectivity index (χ4n) is 4.12. The molecule has 0 aromatic heterocycles. The van der Waals surface area contributed by atoms with Crippen molar-refractivity contribution in [2.24, 2.45) is 16.5 Å². The van der Waals surface area contributed by atoms with E-state index in [0.717, 1.165) is 0 Å². The topological polar surface area (TPSA) is 322 Å². The van der Waals surface area contributed by atoms with E-state index in [1.165, 1.54) is 24.3 Å². The third kappa shape index (κ3) is 13.2. The van der Waals surface area contributed by atoms with E-state index >= 15 is 0 Å². The van der Waals surface area contributed by atoms with Crippen molar-refractivity contribution in [1.29, 1.82) is 0 Å². The highest BCUT2D eigenvalue weighted by Gasteiger charge is 2.32. The number of aromatic hydroxyl groups is 1. The van der Waals surface area contributed by atoms with Gasteiger partial charge in [-0.25, -0.2) is 4.79 Å². The van der Waals surface area contributed by atoms with Crippen LogP contribution in [0.5, 0.6) is 5.75 Å². The van der Waals surface area contributed by atoms with Gasteiger partial charge in [-0.05, 0) is 30.5 Å². The molecule has 0 aliphatic carbocycles. The standard InChI is InChI=1S/C26H36N8O11S/c27-26(28)29-7-1-2-15-22(40)30-10-19(36)31-17(9-21(38)39)24(42)34-18(25(43)44)11-46(45)12-20(37)32-16(23(41)33-15)8-13-3-5-14(35)6-4-13/h3-6,15-18,35H,1-2,7-12H2,(H,30,40)(H,31,36)(H,32,37)(H,33,41)(H,34,42)(H,38,39)(H,43,44)(H4,27,28,29)/t15-,16+,17-,18-,46+/m0/s1. The Labute approximate surface area is 264 Å². The van der Waals surface area contributed by atoms with Crippen molar-refractivity contribution in [2.75, 3.05) is 24.6 Å². The Bertz CT molecular complexity index is 1370. The zero-order valence-corrected chi connectivity index (χ0v) is 25.2. The Hall–Kier alpha value is -5.27. The number of rotatable bonds is 9. The van der Waals surface area contributed by atoms with E-state index in [1.54, 1.807) is 0 Å². The van der Waals surface area contributed by atoms with E-state index in [9.17, 15) is 53.1 Å². The van der Waals surface area contributed by atoms with Crippen LogP contribution in [-0.2, 0) is 50.8 Å². The summed E-state index contributed by atoms with van der Waals surface area (Å²) in [5, 5.41) is 39.6. The minimum absolute atomic E-state index is 0.0412. The summed E-state index contributed by atoms with van der Waals surface area (Å²) in [6.07, 6.45) is -0.966. The molecule has 1 aliphatic rings. The Balaban J connectivity index is 2.42. The van der Waals surface area contributed by atoms with Gasteiger partial charge in [0.15, 0.2) is 5.96 Å². The van der Waals surface area contributed by atoms with Crippen molar-refractivity contribution in [3.05, 3.63) is 29.8 Å². The molecule has 1 heterocycles. The fraction of sp³-hybridized carbons (Fsp3) is 0.462. The second kappa shape index (κ2) is 17.9. The second-order valence-electron chi connectivity index (χ2n) is 10.1. The molecule has 0 saturated carbocycles. The number of nitrogens with one attached hydrogen (secondary N) is 5. The minimum Gasteiger partial charge on any atom is -0.508 e. The van der Waals surface area contributed by atoms with E-state index in [-0.39, 0.29) is 37.5 Å². The summed E-state index contributed by atoms with van der Waals surface area (Å²) in [5.74, 6) is -9.91. The number of carboxylic acid groups (broad SMARTS) is 2. The average Bonchev–Trinajstić information content (AvgIpc) is 2.96. The molecule has 2 rings (SSSR count). The molecule has 19 nitrogen and oxygen atoms in total. The molecule has 5 amide bonds. The SMILES string of the molecule is NC(N)=NCCC[C@@H]1NC(=O)[C@@H](Cc2ccc(O)cc2)NC(=O)C[S@](=O)C[C@@H](C(=O)O)NC(=O)[C@H](CC(=O)O)NC(=O)CNC1=O. The molecular weight excluding hydrogens is 632 g/mol. The molecule has 1 aromatic rings. The number of benzene rings is 1. The lowest BCUT2D eigenvalue weighted by Crippen LogP contribution is -2.57. The van der Waals surface area contributed by atoms with Crippen LogP contribution < -0.4 is 38.1 Å². The molecule has 1 aromatic carbocycles. The van der Waals surface area contributed by atoms with Gasteiger partial charge in [-0.1, -0.05) is 12.1 Å². The molecule has 1 fully saturated rings. The number of guanidine groups is 1. The van der Waals surface area contributed by atoms with E-state index in [0.29, 0.717) is 5.56 Å². The summed E-state index contributed by atoms with van der Waals surface area (Å²) < 4.78 is 12.8. The molecule has 5 atom stereocenters. The molecule has 12 N–H and O–H groups in total. The van der Waals surface area contributed by atoms with Crippen LogP contribution in [0.2, 0.25) is 0 Å². The van der Waals surface area contributed by atoms with Crippen molar-refractivity contribution in [1.82, 2.24) is 26.6 Å². The Morgan fingerprint density at radius 2 is 1.50 bits per heavy atom. The van der Waals surface area contributed by atoms with Gasteiger partial charge in [-0.15, -0.1) is 0 Å². The Kier molecular flexibility index (Phi) is 14.4. The number of carboxylic acids is 2. The van der Waals surface area contributed by atoms with Gasteiger partial charge in [0.25, 0.3) is 0 Å². The van der Waals surface area contributed by atoms with Crippen LogP contribution in [0.15, 0.2) is 29.3 Å². The Morgan fingerprint density at radius 3 is 2.11 bits per heavy atom. The van der Waals surface area contributed by atoms with Gasteiger partial charge >= 0.3 is 11.9 Å². The van der Waals surface area contributed by atoms with Gasteiger partial charge in [0.05, 0.1) is 18.7 Å². The van der Waals surface area contributed by atoms with Crippen LogP contribution >= 0.6 is 0 Å². The number of hydrogen-bond donors (Lipinski definition) is 10. The highest BCUT2D eigenvalue weighted by molar-refractivity contribution is 7.85. The molecule has 1 saturated heterocycles. The highest BCUT2D eigenvalue weighted by Crippen LogP contribution is 2.12. The lowest BCUT2D eigenvalue weighted by atomic mass is 10.0. The summed E-state index contributed by atoms with van der Waals surface area (Å²) in [7, 11) is -2.22. The van der Waals surface area contributed by atoms with Gasteiger partial charge in [0, 0.05) is 23.8 Å². The first-order valence-electron chi connectivity index (χ1n) is 13.7. The zero-order valence-electron chi connectivity index (χ0n) is 24.4. The maximum absolute atomic E-state index is 13.4. The maximum atomic E-state index is 13.4. The first-order valence-corrected chi connectivity index (χ1v) is 15.2. The van der Waals surface area contributed by atoms with E-state index in [1.807, 2.05) is 5.32 Å². The molecule has 1 aliphatic heterocycles. The number of nitrogens with two attached hydrogens (primary N) is 2. The third-order valence-corrected chi connectivity index (χ3v) is 7.61.